The Morgan fingerprint density at radius 3 is 2.41 bits per heavy atom. The minimum Gasteiger partial charge on any atom is -0.468 e. The Balaban J connectivity index is 1.58. The van der Waals surface area contributed by atoms with Crippen LogP contribution >= 0.6 is 12.2 Å². The van der Waals surface area contributed by atoms with Crippen LogP contribution in [0, 0.1) is 24.0 Å². The summed E-state index contributed by atoms with van der Waals surface area (Å²) in [7, 11) is 1.32. The number of piperidine rings is 1. The van der Waals surface area contributed by atoms with Crippen LogP contribution < -0.4 is 5.32 Å². The van der Waals surface area contributed by atoms with Crippen molar-refractivity contribution in [3.8, 4) is 0 Å². The van der Waals surface area contributed by atoms with Crippen molar-refractivity contribution in [2.24, 2.45) is 5.41 Å². The van der Waals surface area contributed by atoms with Gasteiger partial charge in [0.2, 0.25) is 0 Å². The Kier molecular flexibility index (Phi) is 6.36. The van der Waals surface area contributed by atoms with Gasteiger partial charge in [-0.3, -0.25) is 9.59 Å². The van der Waals surface area contributed by atoms with Crippen LogP contribution in [0.25, 0.3) is 0 Å². The fourth-order valence-corrected chi connectivity index (χ4v) is 4.27. The number of carbonyl (C=O) groups excluding carboxylic acids is 2. The number of nitrogens with zero attached hydrogens (tertiary/aromatic N) is 2. The summed E-state index contributed by atoms with van der Waals surface area (Å²) < 4.78 is 33.0. The number of hydrogen-bond donors (Lipinski definition) is 1. The highest BCUT2D eigenvalue weighted by molar-refractivity contribution is 7.80. The van der Waals surface area contributed by atoms with Gasteiger partial charge in [0.15, 0.2) is 5.11 Å². The van der Waals surface area contributed by atoms with Crippen LogP contribution in [0.2, 0.25) is 0 Å². The van der Waals surface area contributed by atoms with E-state index in [2.05, 4.69) is 10.1 Å². The number of thiocarbonyl (C=S) groups is 1. The first-order valence-electron chi connectivity index (χ1n) is 9.60. The molecule has 1 aromatic rings. The van der Waals surface area contributed by atoms with Gasteiger partial charge in [-0.2, -0.15) is 0 Å². The molecule has 2 heterocycles. The van der Waals surface area contributed by atoms with Crippen molar-refractivity contribution in [3.63, 3.8) is 0 Å². The number of rotatable bonds is 3. The number of likely N-dealkylation sites (tertiary alicyclic amines) is 2. The minimum absolute atomic E-state index is 0.0114. The van der Waals surface area contributed by atoms with E-state index < -0.39 is 23.1 Å². The molecule has 1 aromatic carbocycles. The zero-order valence-corrected chi connectivity index (χ0v) is 17.4. The molecular formula is C20H25F2N3O3S. The summed E-state index contributed by atoms with van der Waals surface area (Å²) in [6.07, 6.45) is 2.40. The lowest BCUT2D eigenvalue weighted by Crippen LogP contribution is -2.46. The standard InChI is InChI=1S/C20H25F2N3O3S/c1-13-3-4-14(21)16(17(13)22)18(27)24-8-5-20(6-9-24)7-10-25(12-20)19(29)23-11-15(26)28-2/h3-4H,5-12H2,1-2H3,(H,23,29). The third-order valence-electron chi connectivity index (χ3n) is 5.95. The monoisotopic (exact) mass is 425 g/mol. The van der Waals surface area contributed by atoms with Gasteiger partial charge in [-0.1, -0.05) is 6.07 Å². The van der Waals surface area contributed by atoms with Crippen molar-refractivity contribution in [3.05, 3.63) is 34.9 Å². The molecule has 158 valence electrons. The Hall–Kier alpha value is -2.29. The molecular weight excluding hydrogens is 400 g/mol. The van der Waals surface area contributed by atoms with Gasteiger partial charge in [0.05, 0.1) is 7.11 Å². The maximum atomic E-state index is 14.3. The first-order chi connectivity index (χ1) is 13.8. The highest BCUT2D eigenvalue weighted by Crippen LogP contribution is 2.40. The second-order valence-electron chi connectivity index (χ2n) is 7.75. The van der Waals surface area contributed by atoms with E-state index in [-0.39, 0.29) is 23.5 Å². The van der Waals surface area contributed by atoms with Crippen molar-refractivity contribution in [1.29, 1.82) is 0 Å². The van der Waals surface area contributed by atoms with Crippen molar-refractivity contribution >= 4 is 29.2 Å². The van der Waals surface area contributed by atoms with E-state index in [9.17, 15) is 18.4 Å². The number of benzene rings is 1. The minimum atomic E-state index is -0.826. The van der Waals surface area contributed by atoms with Crippen LogP contribution in [0.4, 0.5) is 8.78 Å². The molecule has 1 spiro atoms. The topological polar surface area (TPSA) is 61.9 Å². The second kappa shape index (κ2) is 8.61. The van der Waals surface area contributed by atoms with Crippen LogP contribution in [0.15, 0.2) is 12.1 Å². The number of halogens is 2. The number of methoxy groups -OCH3 is 1. The maximum absolute atomic E-state index is 14.3. The van der Waals surface area contributed by atoms with Crippen molar-refractivity contribution < 1.29 is 23.1 Å². The molecule has 2 saturated heterocycles. The van der Waals surface area contributed by atoms with Gasteiger partial charge in [0, 0.05) is 26.2 Å². The van der Waals surface area contributed by atoms with Crippen molar-refractivity contribution in [2.75, 3.05) is 39.8 Å². The number of esters is 1. The average Bonchev–Trinajstić information content (AvgIpc) is 3.13. The van der Waals surface area contributed by atoms with Crippen LogP contribution in [0.5, 0.6) is 0 Å². The molecule has 1 N–H and O–H groups in total. The van der Waals surface area contributed by atoms with Crippen LogP contribution in [0.1, 0.15) is 35.2 Å². The van der Waals surface area contributed by atoms with E-state index in [1.165, 1.54) is 25.0 Å². The molecule has 0 saturated carbocycles. The number of hydrogen-bond acceptors (Lipinski definition) is 4. The predicted molar refractivity (Wildman–Crippen MR) is 107 cm³/mol. The molecule has 29 heavy (non-hydrogen) atoms. The maximum Gasteiger partial charge on any atom is 0.325 e. The fraction of sp³-hybridized carbons (Fsp3) is 0.550. The lowest BCUT2D eigenvalue weighted by molar-refractivity contribution is -0.139. The van der Waals surface area contributed by atoms with Crippen molar-refractivity contribution in [2.45, 2.75) is 26.2 Å². The molecule has 3 rings (SSSR count). The Morgan fingerprint density at radius 2 is 1.79 bits per heavy atom. The van der Waals surface area contributed by atoms with Gasteiger partial charge >= 0.3 is 5.97 Å². The predicted octanol–water partition coefficient (Wildman–Crippen LogP) is 2.25. The number of ether oxygens (including phenoxy) is 1. The summed E-state index contributed by atoms with van der Waals surface area (Å²) in [5.41, 5.74) is -0.206. The molecule has 0 aliphatic carbocycles. The number of aryl methyl sites for hydroxylation is 1. The van der Waals surface area contributed by atoms with E-state index >= 15 is 0 Å². The quantitative estimate of drug-likeness (QED) is 0.592. The van der Waals surface area contributed by atoms with Gasteiger partial charge in [-0.25, -0.2) is 8.78 Å². The van der Waals surface area contributed by atoms with Crippen LogP contribution in [-0.2, 0) is 9.53 Å². The molecule has 2 aliphatic rings. The lowest BCUT2D eigenvalue weighted by atomic mass is 9.77. The summed E-state index contributed by atoms with van der Waals surface area (Å²) in [5.74, 6) is -2.59. The zero-order chi connectivity index (χ0) is 21.2. The molecule has 6 nitrogen and oxygen atoms in total. The molecule has 2 fully saturated rings. The zero-order valence-electron chi connectivity index (χ0n) is 16.6. The van der Waals surface area contributed by atoms with E-state index in [4.69, 9.17) is 12.2 Å². The lowest BCUT2D eigenvalue weighted by Gasteiger charge is -2.39. The summed E-state index contributed by atoms with van der Waals surface area (Å²) >= 11 is 5.36. The summed E-state index contributed by atoms with van der Waals surface area (Å²) in [4.78, 5) is 27.5. The molecule has 0 unspecified atom stereocenters. The van der Waals surface area contributed by atoms with Gasteiger partial charge in [-0.05, 0) is 55.4 Å². The molecule has 0 radical (unpaired) electrons. The fourth-order valence-electron chi connectivity index (χ4n) is 4.04. The molecule has 9 heteroatoms. The Morgan fingerprint density at radius 1 is 1.17 bits per heavy atom. The highest BCUT2D eigenvalue weighted by Gasteiger charge is 2.42. The normalized spacial score (nSPS) is 18.1. The highest BCUT2D eigenvalue weighted by atomic mass is 32.1. The molecule has 0 bridgehead atoms. The summed E-state index contributed by atoms with van der Waals surface area (Å²) in [5, 5.41) is 3.41. The van der Waals surface area contributed by atoms with E-state index in [1.54, 1.807) is 0 Å². The molecule has 1 amide bonds. The SMILES string of the molecule is COC(=O)CNC(=S)N1CCC2(CCN(C(=O)c3c(F)ccc(C)c3F)CC2)C1. The number of amides is 1. The van der Waals surface area contributed by atoms with Crippen molar-refractivity contribution in [1.82, 2.24) is 15.1 Å². The summed E-state index contributed by atoms with van der Waals surface area (Å²) in [6, 6.07) is 2.46. The first kappa shape index (κ1) is 21.4. The first-order valence-corrected chi connectivity index (χ1v) is 10.0. The second-order valence-corrected chi connectivity index (χ2v) is 8.14. The van der Waals surface area contributed by atoms with Crippen LogP contribution in [-0.4, -0.2) is 66.6 Å². The number of nitrogens with one attached hydrogen (secondary N) is 1. The third-order valence-corrected chi connectivity index (χ3v) is 6.35. The van der Waals surface area contributed by atoms with E-state index in [1.807, 2.05) is 4.90 Å². The van der Waals surface area contributed by atoms with Crippen LogP contribution in [0.3, 0.4) is 0 Å². The third kappa shape index (κ3) is 4.49. The molecule has 2 aliphatic heterocycles. The largest absolute Gasteiger partial charge is 0.468 e. The average molecular weight is 426 g/mol. The number of carbonyl (C=O) groups is 2. The smallest absolute Gasteiger partial charge is 0.325 e. The Labute approximate surface area is 174 Å². The van der Waals surface area contributed by atoms with Gasteiger partial charge in [0.25, 0.3) is 5.91 Å². The molecule has 0 aromatic heterocycles. The van der Waals surface area contributed by atoms with Gasteiger partial charge < -0.3 is 19.9 Å². The summed E-state index contributed by atoms with van der Waals surface area (Å²) in [6.45, 7) is 3.93. The van der Waals surface area contributed by atoms with Gasteiger partial charge in [0.1, 0.15) is 23.7 Å². The molecule has 0 atom stereocenters. The van der Waals surface area contributed by atoms with E-state index in [0.717, 1.165) is 38.4 Å². The Bertz CT molecular complexity index is 825. The van der Waals surface area contributed by atoms with E-state index in [0.29, 0.717) is 18.2 Å². The van der Waals surface area contributed by atoms with Gasteiger partial charge in [-0.15, -0.1) is 0 Å².